The van der Waals surface area contributed by atoms with Gasteiger partial charge >= 0.3 is 0 Å². The van der Waals surface area contributed by atoms with E-state index >= 15 is 0 Å². The summed E-state index contributed by atoms with van der Waals surface area (Å²) in [5.41, 5.74) is -0.220. The molecule has 1 fully saturated rings. The first-order valence-corrected chi connectivity index (χ1v) is 8.36. The molecule has 0 radical (unpaired) electrons. The lowest BCUT2D eigenvalue weighted by molar-refractivity contribution is -0.121. The summed E-state index contributed by atoms with van der Waals surface area (Å²) >= 11 is 0. The van der Waals surface area contributed by atoms with Crippen molar-refractivity contribution in [1.82, 2.24) is 20.9 Å². The largest absolute Gasteiger partial charge is 0.379 e. The number of nitrogens with one attached hydrogen (secondary N) is 3. The van der Waals surface area contributed by atoms with Crippen LogP contribution in [0.5, 0.6) is 0 Å². The lowest BCUT2D eigenvalue weighted by Gasteiger charge is -2.29. The van der Waals surface area contributed by atoms with Crippen LogP contribution in [0, 0.1) is 5.92 Å². The van der Waals surface area contributed by atoms with E-state index < -0.39 is 0 Å². The maximum Gasteiger partial charge on any atom is 0.239 e. The fraction of sp³-hybridized carbons (Fsp3) is 0.875. The third-order valence-electron chi connectivity index (χ3n) is 3.45. The number of halogens is 1. The molecule has 1 aliphatic heterocycles. The number of rotatable bonds is 6. The van der Waals surface area contributed by atoms with Gasteiger partial charge in [-0.25, -0.2) is 0 Å². The maximum atomic E-state index is 11.8. The smallest absolute Gasteiger partial charge is 0.239 e. The lowest BCUT2D eigenvalue weighted by atomic mass is 10.1. The molecule has 1 unspecified atom stereocenters. The van der Waals surface area contributed by atoms with E-state index in [1.54, 1.807) is 7.05 Å². The highest BCUT2D eigenvalue weighted by Gasteiger charge is 2.15. The first-order chi connectivity index (χ1) is 10.8. The molecule has 142 valence electrons. The van der Waals surface area contributed by atoms with E-state index in [-0.39, 0.29) is 42.0 Å². The molecule has 3 N–H and O–H groups in total. The molecule has 0 aliphatic carbocycles. The number of hydrogen-bond donors (Lipinski definition) is 3. The molecule has 0 bridgehead atoms. The van der Waals surface area contributed by atoms with E-state index in [4.69, 9.17) is 4.74 Å². The number of morpholine rings is 1. The summed E-state index contributed by atoms with van der Waals surface area (Å²) in [5.74, 6) is 1.11. The van der Waals surface area contributed by atoms with Gasteiger partial charge in [-0.2, -0.15) is 0 Å². The van der Waals surface area contributed by atoms with Gasteiger partial charge in [0.2, 0.25) is 5.91 Å². The maximum absolute atomic E-state index is 11.8. The molecule has 1 rings (SSSR count). The zero-order valence-electron chi connectivity index (χ0n) is 15.6. The minimum Gasteiger partial charge on any atom is -0.379 e. The van der Waals surface area contributed by atoms with Crippen molar-refractivity contribution in [3.05, 3.63) is 0 Å². The van der Waals surface area contributed by atoms with Crippen molar-refractivity contribution >= 4 is 35.8 Å². The van der Waals surface area contributed by atoms with E-state index in [1.807, 2.05) is 20.8 Å². The van der Waals surface area contributed by atoms with Crippen LogP contribution in [0.4, 0.5) is 0 Å². The van der Waals surface area contributed by atoms with Gasteiger partial charge in [0.05, 0.1) is 19.8 Å². The van der Waals surface area contributed by atoms with Gasteiger partial charge in [-0.1, -0.05) is 6.92 Å². The number of carbonyl (C=O) groups excluding carboxylic acids is 1. The normalized spacial score (nSPS) is 17.6. The summed E-state index contributed by atoms with van der Waals surface area (Å²) in [6, 6.07) is 0. The topological polar surface area (TPSA) is 78.0 Å². The van der Waals surface area contributed by atoms with Gasteiger partial charge in [-0.3, -0.25) is 14.7 Å². The highest BCUT2D eigenvalue weighted by atomic mass is 127. The fourth-order valence-electron chi connectivity index (χ4n) is 2.41. The molecule has 1 heterocycles. The van der Waals surface area contributed by atoms with Crippen LogP contribution in [-0.2, 0) is 9.53 Å². The fourth-order valence-corrected chi connectivity index (χ4v) is 2.41. The molecule has 1 aliphatic rings. The SMILES string of the molecule is CN=C(NCC(=O)NC(C)(C)C)NCC(C)CN1CCOCC1.I. The van der Waals surface area contributed by atoms with Crippen LogP contribution in [0.2, 0.25) is 0 Å². The van der Waals surface area contributed by atoms with Crippen LogP contribution in [0.15, 0.2) is 4.99 Å². The number of hydrogen-bond acceptors (Lipinski definition) is 4. The zero-order chi connectivity index (χ0) is 17.3. The monoisotopic (exact) mass is 455 g/mol. The average molecular weight is 455 g/mol. The summed E-state index contributed by atoms with van der Waals surface area (Å²) in [5, 5.41) is 9.24. The van der Waals surface area contributed by atoms with Crippen molar-refractivity contribution < 1.29 is 9.53 Å². The van der Waals surface area contributed by atoms with Crippen molar-refractivity contribution in [1.29, 1.82) is 0 Å². The number of amides is 1. The Morgan fingerprint density at radius 2 is 1.88 bits per heavy atom. The Morgan fingerprint density at radius 3 is 2.42 bits per heavy atom. The number of carbonyl (C=O) groups is 1. The molecule has 0 aromatic rings. The Kier molecular flexibility index (Phi) is 11.6. The van der Waals surface area contributed by atoms with E-state index in [2.05, 4.69) is 32.8 Å². The molecule has 1 amide bonds. The van der Waals surface area contributed by atoms with Gasteiger partial charge in [0.25, 0.3) is 0 Å². The zero-order valence-corrected chi connectivity index (χ0v) is 18.0. The van der Waals surface area contributed by atoms with Gasteiger partial charge in [-0.05, 0) is 26.7 Å². The molecule has 0 spiro atoms. The minimum absolute atomic E-state index is 0. The van der Waals surface area contributed by atoms with Crippen molar-refractivity contribution in [3.63, 3.8) is 0 Å². The third-order valence-corrected chi connectivity index (χ3v) is 3.45. The van der Waals surface area contributed by atoms with Crippen LogP contribution < -0.4 is 16.0 Å². The molecule has 24 heavy (non-hydrogen) atoms. The van der Waals surface area contributed by atoms with Gasteiger partial charge in [-0.15, -0.1) is 24.0 Å². The predicted molar refractivity (Wildman–Crippen MR) is 109 cm³/mol. The first-order valence-electron chi connectivity index (χ1n) is 8.36. The highest BCUT2D eigenvalue weighted by molar-refractivity contribution is 14.0. The Hall–Kier alpha value is -0.610. The minimum atomic E-state index is -0.220. The molecule has 8 heteroatoms. The highest BCUT2D eigenvalue weighted by Crippen LogP contribution is 2.02. The molecule has 0 aromatic heterocycles. The van der Waals surface area contributed by atoms with Crippen molar-refractivity contribution in [2.75, 3.05) is 53.0 Å². The Balaban J connectivity index is 0.00000529. The van der Waals surface area contributed by atoms with Crippen LogP contribution in [-0.4, -0.2) is 75.3 Å². The van der Waals surface area contributed by atoms with E-state index in [0.29, 0.717) is 11.9 Å². The van der Waals surface area contributed by atoms with E-state index in [1.165, 1.54) is 0 Å². The Labute approximate surface area is 163 Å². The molecular weight excluding hydrogens is 421 g/mol. The van der Waals surface area contributed by atoms with Gasteiger partial charge < -0.3 is 20.7 Å². The predicted octanol–water partition coefficient (Wildman–Crippen LogP) is 0.652. The Bertz CT molecular complexity index is 392. The summed E-state index contributed by atoms with van der Waals surface area (Å²) < 4.78 is 5.36. The Morgan fingerprint density at radius 1 is 1.25 bits per heavy atom. The number of aliphatic imine (C=N–C) groups is 1. The van der Waals surface area contributed by atoms with Crippen molar-refractivity contribution in [2.24, 2.45) is 10.9 Å². The molecule has 0 saturated carbocycles. The number of nitrogens with zero attached hydrogens (tertiary/aromatic N) is 2. The molecule has 1 saturated heterocycles. The molecule has 0 aromatic carbocycles. The summed E-state index contributed by atoms with van der Waals surface area (Å²) in [4.78, 5) is 18.4. The number of ether oxygens (including phenoxy) is 1. The second-order valence-corrected chi connectivity index (χ2v) is 7.12. The van der Waals surface area contributed by atoms with Gasteiger partial charge in [0, 0.05) is 38.8 Å². The third kappa shape index (κ3) is 11.0. The lowest BCUT2D eigenvalue weighted by Crippen LogP contribution is -2.49. The summed E-state index contributed by atoms with van der Waals surface area (Å²) in [7, 11) is 1.71. The summed E-state index contributed by atoms with van der Waals surface area (Å²) in [6.45, 7) is 13.8. The van der Waals surface area contributed by atoms with Crippen LogP contribution in [0.25, 0.3) is 0 Å². The first kappa shape index (κ1) is 23.4. The van der Waals surface area contributed by atoms with E-state index in [9.17, 15) is 4.79 Å². The number of guanidine groups is 1. The quantitative estimate of drug-likeness (QED) is 0.312. The van der Waals surface area contributed by atoms with Crippen LogP contribution >= 0.6 is 24.0 Å². The second-order valence-electron chi connectivity index (χ2n) is 7.12. The van der Waals surface area contributed by atoms with Gasteiger partial charge in [0.15, 0.2) is 5.96 Å². The molecule has 1 atom stereocenters. The van der Waals surface area contributed by atoms with Crippen molar-refractivity contribution in [2.45, 2.75) is 33.2 Å². The standard InChI is InChI=1S/C16H33N5O2.HI/c1-13(12-21-6-8-23-9-7-21)10-18-15(17-5)19-11-14(22)20-16(2,3)4;/h13H,6-12H2,1-5H3,(H,20,22)(H2,17,18,19);1H. The summed E-state index contributed by atoms with van der Waals surface area (Å²) in [6.07, 6.45) is 0. The van der Waals surface area contributed by atoms with Crippen LogP contribution in [0.3, 0.4) is 0 Å². The van der Waals surface area contributed by atoms with Crippen molar-refractivity contribution in [3.8, 4) is 0 Å². The molecule has 7 nitrogen and oxygen atoms in total. The van der Waals surface area contributed by atoms with Crippen LogP contribution in [0.1, 0.15) is 27.7 Å². The molecular formula is C16H34IN5O2. The second kappa shape index (κ2) is 11.9. The van der Waals surface area contributed by atoms with E-state index in [0.717, 1.165) is 39.4 Å². The van der Waals surface area contributed by atoms with Gasteiger partial charge in [0.1, 0.15) is 0 Å². The average Bonchev–Trinajstić information content (AvgIpc) is 2.46.